The lowest BCUT2D eigenvalue weighted by atomic mass is 10.2. The van der Waals surface area contributed by atoms with Crippen molar-refractivity contribution in [3.63, 3.8) is 0 Å². The summed E-state index contributed by atoms with van der Waals surface area (Å²) in [6.07, 6.45) is 6.96. The van der Waals surface area contributed by atoms with Crippen molar-refractivity contribution in [2.24, 2.45) is 4.99 Å². The molecule has 1 unspecified atom stereocenters. The number of nitrogens with one attached hydrogen (secondary N) is 1. The molecule has 3 aliphatic heterocycles. The van der Waals surface area contributed by atoms with Crippen LogP contribution < -0.4 is 5.32 Å². The van der Waals surface area contributed by atoms with Crippen LogP contribution in [-0.4, -0.2) is 93.2 Å². The predicted octanol–water partition coefficient (Wildman–Crippen LogP) is 1.10. The summed E-state index contributed by atoms with van der Waals surface area (Å²) in [5, 5.41) is 12.3. The van der Waals surface area contributed by atoms with E-state index in [4.69, 9.17) is 4.99 Å². The molecule has 4 rings (SSSR count). The number of aryl methyl sites for hydroxylation is 1. The van der Waals surface area contributed by atoms with E-state index < -0.39 is 0 Å². The highest BCUT2D eigenvalue weighted by molar-refractivity contribution is 5.82. The van der Waals surface area contributed by atoms with Gasteiger partial charge in [-0.1, -0.05) is 6.42 Å². The Bertz CT molecular complexity index is 762. The lowest BCUT2D eigenvalue weighted by molar-refractivity contribution is -0.135. The van der Waals surface area contributed by atoms with Crippen LogP contribution in [0.4, 0.5) is 0 Å². The van der Waals surface area contributed by atoms with Gasteiger partial charge >= 0.3 is 0 Å². The average molecular weight is 431 g/mol. The number of likely N-dealkylation sites (tertiary alicyclic amines) is 1. The molecule has 0 aliphatic carbocycles. The summed E-state index contributed by atoms with van der Waals surface area (Å²) in [4.78, 5) is 24.3. The van der Waals surface area contributed by atoms with Gasteiger partial charge < -0.3 is 19.7 Å². The van der Waals surface area contributed by atoms with E-state index in [2.05, 4.69) is 43.7 Å². The zero-order valence-corrected chi connectivity index (χ0v) is 19.2. The van der Waals surface area contributed by atoms with Crippen LogP contribution in [0.2, 0.25) is 0 Å². The molecule has 0 saturated carbocycles. The topological polar surface area (TPSA) is 81.9 Å². The van der Waals surface area contributed by atoms with E-state index in [9.17, 15) is 4.79 Å². The Hall–Kier alpha value is -2.16. The lowest BCUT2D eigenvalue weighted by Gasteiger charge is -2.39. The fraction of sp³-hybridized carbons (Fsp3) is 0.818. The average Bonchev–Trinajstić information content (AvgIpc) is 3.41. The van der Waals surface area contributed by atoms with Crippen molar-refractivity contribution in [2.45, 2.75) is 71.5 Å². The number of hydrogen-bond donors (Lipinski definition) is 1. The maximum atomic E-state index is 12.8. The number of aromatic nitrogens is 3. The van der Waals surface area contributed by atoms with Gasteiger partial charge in [-0.15, -0.1) is 10.2 Å². The molecule has 3 aliphatic rings. The number of guanidine groups is 1. The van der Waals surface area contributed by atoms with Crippen LogP contribution in [0.25, 0.3) is 0 Å². The molecule has 4 heterocycles. The summed E-state index contributed by atoms with van der Waals surface area (Å²) in [5.41, 5.74) is 0. The number of nitrogens with zero attached hydrogens (tertiary/aromatic N) is 7. The molecule has 9 heteroatoms. The van der Waals surface area contributed by atoms with Crippen LogP contribution in [0.5, 0.6) is 0 Å². The van der Waals surface area contributed by atoms with E-state index in [1.54, 1.807) is 0 Å². The van der Waals surface area contributed by atoms with Gasteiger partial charge in [0.15, 0.2) is 11.8 Å². The molecule has 9 nitrogen and oxygen atoms in total. The molecule has 0 aromatic carbocycles. The van der Waals surface area contributed by atoms with Gasteiger partial charge in [-0.3, -0.25) is 9.69 Å². The number of carbonyl (C=O) groups is 1. The molecule has 0 radical (unpaired) electrons. The number of hydrogen-bond acceptors (Lipinski definition) is 5. The molecule has 1 amide bonds. The Morgan fingerprint density at radius 1 is 0.968 bits per heavy atom. The lowest BCUT2D eigenvalue weighted by Crippen LogP contribution is -2.57. The fourth-order valence-electron chi connectivity index (χ4n) is 4.91. The maximum Gasteiger partial charge on any atom is 0.239 e. The fourth-order valence-corrected chi connectivity index (χ4v) is 4.91. The minimum Gasteiger partial charge on any atom is -0.357 e. The van der Waals surface area contributed by atoms with Gasteiger partial charge in [0.2, 0.25) is 5.91 Å². The molecule has 1 aromatic rings. The van der Waals surface area contributed by atoms with Crippen molar-refractivity contribution in [3.05, 3.63) is 11.6 Å². The van der Waals surface area contributed by atoms with E-state index in [0.717, 1.165) is 89.2 Å². The van der Waals surface area contributed by atoms with E-state index in [-0.39, 0.29) is 6.04 Å². The van der Waals surface area contributed by atoms with Crippen molar-refractivity contribution in [1.29, 1.82) is 0 Å². The zero-order valence-electron chi connectivity index (χ0n) is 19.2. The second-order valence-electron chi connectivity index (χ2n) is 8.90. The van der Waals surface area contributed by atoms with Gasteiger partial charge in [-0.2, -0.15) is 0 Å². The third-order valence-electron chi connectivity index (χ3n) is 6.83. The smallest absolute Gasteiger partial charge is 0.239 e. The highest BCUT2D eigenvalue weighted by atomic mass is 16.2. The summed E-state index contributed by atoms with van der Waals surface area (Å²) >= 11 is 0. The first kappa shape index (κ1) is 22.0. The van der Waals surface area contributed by atoms with Crippen LogP contribution in [0.1, 0.15) is 57.6 Å². The second kappa shape index (κ2) is 10.4. The van der Waals surface area contributed by atoms with Crippen molar-refractivity contribution >= 4 is 11.9 Å². The number of rotatable bonds is 5. The summed E-state index contributed by atoms with van der Waals surface area (Å²) < 4.78 is 2.27. The van der Waals surface area contributed by atoms with Crippen LogP contribution >= 0.6 is 0 Å². The molecule has 2 saturated heterocycles. The number of aliphatic imine (C=N–C) groups is 1. The Labute approximate surface area is 185 Å². The molecule has 1 atom stereocenters. The Kier molecular flexibility index (Phi) is 7.42. The van der Waals surface area contributed by atoms with Crippen molar-refractivity contribution in [2.75, 3.05) is 45.8 Å². The quantitative estimate of drug-likeness (QED) is 0.557. The van der Waals surface area contributed by atoms with E-state index >= 15 is 0 Å². The summed E-state index contributed by atoms with van der Waals surface area (Å²) in [6.45, 7) is 11.9. The molecule has 1 N–H and O–H groups in total. The minimum atomic E-state index is -0.0359. The number of amides is 1. The first-order valence-electron chi connectivity index (χ1n) is 12.1. The van der Waals surface area contributed by atoms with Gasteiger partial charge in [0.25, 0.3) is 0 Å². The molecule has 1 aromatic heterocycles. The van der Waals surface area contributed by atoms with Crippen LogP contribution in [0.15, 0.2) is 4.99 Å². The van der Waals surface area contributed by atoms with Crippen LogP contribution in [-0.2, 0) is 24.3 Å². The molecule has 31 heavy (non-hydrogen) atoms. The van der Waals surface area contributed by atoms with Gasteiger partial charge in [0.05, 0.1) is 6.04 Å². The highest BCUT2D eigenvalue weighted by Crippen LogP contribution is 2.16. The van der Waals surface area contributed by atoms with Crippen LogP contribution in [0.3, 0.4) is 0 Å². The normalized spacial score (nSPS) is 21.7. The summed E-state index contributed by atoms with van der Waals surface area (Å²) in [7, 11) is 0. The van der Waals surface area contributed by atoms with E-state index in [1.165, 1.54) is 19.3 Å². The van der Waals surface area contributed by atoms with Gasteiger partial charge in [0.1, 0.15) is 12.4 Å². The standard InChI is InChI=1S/C22H38N8O/c1-3-23-22(24-17-20-26-25-19-9-5-4-6-12-30(19)20)29-15-13-27(14-16-29)18(2)21(31)28-10-7-8-11-28/h18H,3-17H2,1-2H3,(H,23,24). The SMILES string of the molecule is CCNC(=NCc1nnc2n1CCCCC2)N1CCN(C(C)C(=O)N2CCCC2)CC1. The van der Waals surface area contributed by atoms with Gasteiger partial charge in [-0.25, -0.2) is 4.99 Å². The number of carbonyl (C=O) groups excluding carboxylic acids is 1. The highest BCUT2D eigenvalue weighted by Gasteiger charge is 2.30. The molecule has 0 spiro atoms. The molecule has 2 fully saturated rings. The first-order chi connectivity index (χ1) is 15.2. The number of fused-ring (bicyclic) bond motifs is 1. The zero-order chi connectivity index (χ0) is 21.6. The third kappa shape index (κ3) is 5.19. The second-order valence-corrected chi connectivity index (χ2v) is 8.90. The first-order valence-corrected chi connectivity index (χ1v) is 12.1. The molecule has 172 valence electrons. The van der Waals surface area contributed by atoms with E-state index in [0.29, 0.717) is 12.5 Å². The largest absolute Gasteiger partial charge is 0.357 e. The van der Waals surface area contributed by atoms with Crippen molar-refractivity contribution < 1.29 is 4.79 Å². The maximum absolute atomic E-state index is 12.8. The summed E-state index contributed by atoms with van der Waals surface area (Å²) in [5.74, 6) is 3.31. The predicted molar refractivity (Wildman–Crippen MR) is 121 cm³/mol. The van der Waals surface area contributed by atoms with E-state index in [1.807, 2.05) is 4.90 Å². The molecule has 0 bridgehead atoms. The third-order valence-corrected chi connectivity index (χ3v) is 6.83. The van der Waals surface area contributed by atoms with Gasteiger partial charge in [-0.05, 0) is 39.5 Å². The molecular formula is C22H38N8O. The van der Waals surface area contributed by atoms with Crippen LogP contribution in [0, 0.1) is 0 Å². The molecular weight excluding hydrogens is 392 g/mol. The van der Waals surface area contributed by atoms with Gasteiger partial charge in [0, 0.05) is 58.8 Å². The monoisotopic (exact) mass is 430 g/mol. The van der Waals surface area contributed by atoms with Crippen molar-refractivity contribution in [3.8, 4) is 0 Å². The Balaban J connectivity index is 1.35. The summed E-state index contributed by atoms with van der Waals surface area (Å²) in [6, 6.07) is -0.0359. The van der Waals surface area contributed by atoms with Crippen molar-refractivity contribution in [1.82, 2.24) is 34.8 Å². The minimum absolute atomic E-state index is 0.0359. The number of piperazine rings is 1. The Morgan fingerprint density at radius 2 is 1.71 bits per heavy atom. The Morgan fingerprint density at radius 3 is 2.45 bits per heavy atom.